The Kier molecular flexibility index (Phi) is 5.11. The first-order valence-corrected chi connectivity index (χ1v) is 7.79. The molecule has 7 heteroatoms. The molecule has 0 saturated carbocycles. The fourth-order valence-corrected chi connectivity index (χ4v) is 2.63. The molecule has 1 aromatic rings. The first kappa shape index (κ1) is 16.8. The molecule has 1 amide bonds. The van der Waals surface area contributed by atoms with E-state index in [1.54, 1.807) is 11.0 Å². The van der Waals surface area contributed by atoms with Crippen LogP contribution in [0.25, 0.3) is 0 Å². The smallest absolute Gasteiger partial charge is 0.410 e. The standard InChI is InChI=1S/C15H23ClN4O2/c1-15(2,3)22-14(21)20-6-5-11(9-20)8-19(4)13-7-12(16)17-10-18-13/h7,10-11H,5-6,8-9H2,1-4H3/t11-/m1/s1. The second-order valence-electron chi connectivity index (χ2n) is 6.66. The van der Waals surface area contributed by atoms with E-state index in [2.05, 4.69) is 9.97 Å². The van der Waals surface area contributed by atoms with Crippen LogP contribution >= 0.6 is 11.6 Å². The fraction of sp³-hybridized carbons (Fsp3) is 0.667. The largest absolute Gasteiger partial charge is 0.444 e. The van der Waals surface area contributed by atoms with Crippen molar-refractivity contribution in [2.75, 3.05) is 31.6 Å². The van der Waals surface area contributed by atoms with Crippen molar-refractivity contribution in [3.05, 3.63) is 17.5 Å². The van der Waals surface area contributed by atoms with Crippen LogP contribution in [0.3, 0.4) is 0 Å². The Morgan fingerprint density at radius 1 is 1.50 bits per heavy atom. The van der Waals surface area contributed by atoms with Gasteiger partial charge in [0, 0.05) is 32.7 Å². The van der Waals surface area contributed by atoms with Crippen molar-refractivity contribution in [3.63, 3.8) is 0 Å². The van der Waals surface area contributed by atoms with Crippen LogP contribution in [0, 0.1) is 5.92 Å². The van der Waals surface area contributed by atoms with Crippen LogP contribution in [0.1, 0.15) is 27.2 Å². The van der Waals surface area contributed by atoms with Crippen molar-refractivity contribution in [2.45, 2.75) is 32.8 Å². The van der Waals surface area contributed by atoms with Gasteiger partial charge in [0.1, 0.15) is 22.9 Å². The van der Waals surface area contributed by atoms with E-state index in [0.717, 1.165) is 25.3 Å². The van der Waals surface area contributed by atoms with Crippen LogP contribution in [-0.2, 0) is 4.74 Å². The lowest BCUT2D eigenvalue weighted by molar-refractivity contribution is 0.0288. The maximum absolute atomic E-state index is 12.1. The monoisotopic (exact) mass is 326 g/mol. The number of anilines is 1. The lowest BCUT2D eigenvalue weighted by Gasteiger charge is -2.25. The Bertz CT molecular complexity index is 533. The number of likely N-dealkylation sites (tertiary alicyclic amines) is 1. The normalized spacial score (nSPS) is 18.4. The number of halogens is 1. The second-order valence-corrected chi connectivity index (χ2v) is 7.05. The molecular weight excluding hydrogens is 304 g/mol. The van der Waals surface area contributed by atoms with Gasteiger partial charge in [-0.3, -0.25) is 0 Å². The molecule has 0 unspecified atom stereocenters. The number of amides is 1. The maximum Gasteiger partial charge on any atom is 0.410 e. The van der Waals surface area contributed by atoms with Crippen LogP contribution in [0.2, 0.25) is 5.15 Å². The Balaban J connectivity index is 1.87. The number of rotatable bonds is 3. The third kappa shape index (κ3) is 4.73. The Labute approximate surface area is 136 Å². The van der Waals surface area contributed by atoms with Crippen molar-refractivity contribution < 1.29 is 9.53 Å². The topological polar surface area (TPSA) is 58.6 Å². The molecule has 1 aromatic heterocycles. The molecule has 1 aliphatic heterocycles. The van der Waals surface area contributed by atoms with E-state index in [0.29, 0.717) is 17.6 Å². The fourth-order valence-electron chi connectivity index (χ4n) is 2.49. The third-order valence-corrected chi connectivity index (χ3v) is 3.69. The highest BCUT2D eigenvalue weighted by atomic mass is 35.5. The van der Waals surface area contributed by atoms with Gasteiger partial charge in [0.15, 0.2) is 0 Å². The van der Waals surface area contributed by atoms with Crippen LogP contribution in [0.15, 0.2) is 12.4 Å². The van der Waals surface area contributed by atoms with Crippen molar-refractivity contribution >= 4 is 23.5 Å². The van der Waals surface area contributed by atoms with E-state index < -0.39 is 5.60 Å². The minimum Gasteiger partial charge on any atom is -0.444 e. The Morgan fingerprint density at radius 2 is 2.23 bits per heavy atom. The molecule has 1 fully saturated rings. The van der Waals surface area contributed by atoms with Crippen molar-refractivity contribution in [1.29, 1.82) is 0 Å². The molecule has 1 saturated heterocycles. The van der Waals surface area contributed by atoms with Crippen LogP contribution in [0.4, 0.5) is 10.6 Å². The van der Waals surface area contributed by atoms with Gasteiger partial charge in [0.25, 0.3) is 0 Å². The highest BCUT2D eigenvalue weighted by molar-refractivity contribution is 6.29. The molecular formula is C15H23ClN4O2. The van der Waals surface area contributed by atoms with Crippen LogP contribution < -0.4 is 4.90 Å². The predicted molar refractivity (Wildman–Crippen MR) is 86.2 cm³/mol. The average Bonchev–Trinajstić information content (AvgIpc) is 2.85. The SMILES string of the molecule is CN(C[C@H]1CCN(C(=O)OC(C)(C)C)C1)c1cc(Cl)ncn1. The van der Waals surface area contributed by atoms with E-state index in [-0.39, 0.29) is 6.09 Å². The first-order chi connectivity index (χ1) is 10.2. The first-order valence-electron chi connectivity index (χ1n) is 7.41. The highest BCUT2D eigenvalue weighted by Crippen LogP contribution is 2.22. The average molecular weight is 327 g/mol. The molecule has 2 rings (SSSR count). The maximum atomic E-state index is 12.1. The van der Waals surface area contributed by atoms with Gasteiger partial charge in [0.05, 0.1) is 0 Å². The summed E-state index contributed by atoms with van der Waals surface area (Å²) < 4.78 is 5.41. The van der Waals surface area contributed by atoms with Crippen molar-refractivity contribution in [1.82, 2.24) is 14.9 Å². The third-order valence-electron chi connectivity index (χ3n) is 3.48. The van der Waals surface area contributed by atoms with Gasteiger partial charge >= 0.3 is 6.09 Å². The summed E-state index contributed by atoms with van der Waals surface area (Å²) in [6, 6.07) is 1.74. The molecule has 0 radical (unpaired) electrons. The van der Waals surface area contributed by atoms with Gasteiger partial charge < -0.3 is 14.5 Å². The number of hydrogen-bond acceptors (Lipinski definition) is 5. The molecule has 0 bridgehead atoms. The molecule has 6 nitrogen and oxygen atoms in total. The molecule has 1 aliphatic rings. The summed E-state index contributed by atoms with van der Waals surface area (Å²) in [7, 11) is 1.97. The minimum atomic E-state index is -0.455. The lowest BCUT2D eigenvalue weighted by atomic mass is 10.1. The zero-order valence-corrected chi connectivity index (χ0v) is 14.3. The van der Waals surface area contributed by atoms with Crippen molar-refractivity contribution in [2.24, 2.45) is 5.92 Å². The van der Waals surface area contributed by atoms with E-state index in [1.165, 1.54) is 6.33 Å². The number of nitrogens with zero attached hydrogens (tertiary/aromatic N) is 4. The molecule has 0 N–H and O–H groups in total. The zero-order chi connectivity index (χ0) is 16.3. The van der Waals surface area contributed by atoms with Gasteiger partial charge in [-0.05, 0) is 33.1 Å². The lowest BCUT2D eigenvalue weighted by Crippen LogP contribution is -2.36. The van der Waals surface area contributed by atoms with E-state index in [4.69, 9.17) is 16.3 Å². The Morgan fingerprint density at radius 3 is 2.86 bits per heavy atom. The molecule has 22 heavy (non-hydrogen) atoms. The summed E-state index contributed by atoms with van der Waals surface area (Å²) in [5, 5.41) is 0.429. The molecule has 0 aliphatic carbocycles. The number of aromatic nitrogens is 2. The summed E-state index contributed by atoms with van der Waals surface area (Å²) >= 11 is 5.88. The van der Waals surface area contributed by atoms with Gasteiger partial charge in [0.2, 0.25) is 0 Å². The summed E-state index contributed by atoms with van der Waals surface area (Å²) in [4.78, 5) is 24.0. The number of hydrogen-bond donors (Lipinski definition) is 0. The van der Waals surface area contributed by atoms with E-state index in [1.807, 2.05) is 32.7 Å². The van der Waals surface area contributed by atoms with E-state index in [9.17, 15) is 4.79 Å². The quantitative estimate of drug-likeness (QED) is 0.799. The van der Waals surface area contributed by atoms with Gasteiger partial charge in [-0.2, -0.15) is 0 Å². The Hall–Kier alpha value is -1.56. The van der Waals surface area contributed by atoms with Crippen LogP contribution in [0.5, 0.6) is 0 Å². The highest BCUT2D eigenvalue weighted by Gasteiger charge is 2.30. The number of carbonyl (C=O) groups is 1. The van der Waals surface area contributed by atoms with Gasteiger partial charge in [-0.25, -0.2) is 14.8 Å². The summed E-state index contributed by atoms with van der Waals surface area (Å²) in [6.45, 7) is 7.89. The van der Waals surface area contributed by atoms with E-state index >= 15 is 0 Å². The molecule has 2 heterocycles. The molecule has 1 atom stereocenters. The summed E-state index contributed by atoms with van der Waals surface area (Å²) in [6.07, 6.45) is 2.18. The molecule has 0 aromatic carbocycles. The summed E-state index contributed by atoms with van der Waals surface area (Å²) in [5.74, 6) is 1.18. The summed E-state index contributed by atoms with van der Waals surface area (Å²) in [5.41, 5.74) is -0.455. The zero-order valence-electron chi connectivity index (χ0n) is 13.5. The van der Waals surface area contributed by atoms with Crippen LogP contribution in [-0.4, -0.2) is 53.2 Å². The van der Waals surface area contributed by atoms with Gasteiger partial charge in [-0.15, -0.1) is 0 Å². The molecule has 0 spiro atoms. The number of carbonyl (C=O) groups excluding carboxylic acids is 1. The predicted octanol–water partition coefficient (Wildman–Crippen LogP) is 2.82. The van der Waals surface area contributed by atoms with Crippen molar-refractivity contribution in [3.8, 4) is 0 Å². The minimum absolute atomic E-state index is 0.234. The number of ether oxygens (including phenoxy) is 1. The second kappa shape index (κ2) is 6.69. The molecule has 122 valence electrons. The van der Waals surface area contributed by atoms with Gasteiger partial charge in [-0.1, -0.05) is 11.6 Å².